The molecule has 1 heterocycles. The zero-order valence-electron chi connectivity index (χ0n) is 33.2. The number of aromatic hydroxyl groups is 1. The third kappa shape index (κ3) is 10.2. The molecule has 9 rings (SSSR count). The van der Waals surface area contributed by atoms with Crippen LogP contribution in [-0.4, -0.2) is 17.1 Å². The molecular formula is C51H37EuF3O6P2. The van der Waals surface area contributed by atoms with Gasteiger partial charge in [-0.2, -0.15) is 13.2 Å². The second-order valence-corrected chi connectivity index (χ2v) is 19.4. The average Bonchev–Trinajstić information content (AvgIpc) is 3.32. The summed E-state index contributed by atoms with van der Waals surface area (Å²) in [5, 5.41) is 16.2. The van der Waals surface area contributed by atoms with Crippen LogP contribution in [0.1, 0.15) is 10.4 Å². The van der Waals surface area contributed by atoms with E-state index < -0.39 is 43.2 Å². The molecule has 63 heavy (non-hydrogen) atoms. The molecule has 12 heteroatoms. The summed E-state index contributed by atoms with van der Waals surface area (Å²) >= 11 is 0. The number of hydrogen-bond donors (Lipinski definition) is 1. The molecule has 0 bridgehead atoms. The Morgan fingerprint density at radius 1 is 0.460 bits per heavy atom. The van der Waals surface area contributed by atoms with E-state index in [2.05, 4.69) is 0 Å². The zero-order valence-corrected chi connectivity index (χ0v) is 37.4. The predicted molar refractivity (Wildman–Crippen MR) is 244 cm³/mol. The van der Waals surface area contributed by atoms with Crippen LogP contribution in [0.4, 0.5) is 13.2 Å². The molecule has 0 fully saturated rings. The Morgan fingerprint density at radius 3 is 1.08 bits per heavy atom. The number of carbonyl (C=O) groups is 1. The first kappa shape index (κ1) is 47.0. The average molecular weight is 1020 g/mol. The van der Waals surface area contributed by atoms with Crippen molar-refractivity contribution in [3.05, 3.63) is 234 Å². The zero-order chi connectivity index (χ0) is 43.7. The maximum absolute atomic E-state index is 13.8. The van der Waals surface area contributed by atoms with Crippen LogP contribution >= 0.6 is 14.3 Å². The summed E-state index contributed by atoms with van der Waals surface area (Å²) < 4.78 is 70.1. The fourth-order valence-electron chi connectivity index (χ4n) is 7.02. The number of hydrogen-bond acceptors (Lipinski definition) is 6. The van der Waals surface area contributed by atoms with Gasteiger partial charge in [-0.15, -0.1) is 0 Å². The molecule has 0 aliphatic rings. The van der Waals surface area contributed by atoms with E-state index in [4.69, 9.17) is 4.42 Å². The topological polar surface area (TPSA) is 102 Å². The number of alkyl halides is 3. The summed E-state index contributed by atoms with van der Waals surface area (Å²) in [5.41, 5.74) is -3.03. The standard InChI is InChI=1S/2C18H15OP.C15H7F3O4.Eu/c2*19-20(16-10-4-1-5-11-16,17-12-6-2-7-13-17)18-14-8-3-9-15-18;16-15(17,18)13(20)11-12(19)10-8-4-2-1-3-7(8)5-6-9(10)22-14(11)21;/h2*1-15H;1-6,19H;. The van der Waals surface area contributed by atoms with Gasteiger partial charge < -0.3 is 18.7 Å². The van der Waals surface area contributed by atoms with Crippen LogP contribution in [-0.2, 0) is 9.13 Å². The van der Waals surface area contributed by atoms with E-state index in [9.17, 15) is 37.0 Å². The van der Waals surface area contributed by atoms with Gasteiger partial charge in [-0.05, 0) is 16.8 Å². The van der Waals surface area contributed by atoms with E-state index in [1.165, 1.54) is 6.07 Å². The van der Waals surface area contributed by atoms with Gasteiger partial charge in [0.05, 0.1) is 5.39 Å². The monoisotopic (exact) mass is 1020 g/mol. The molecule has 1 N–H and O–H groups in total. The van der Waals surface area contributed by atoms with Crippen LogP contribution in [0.15, 0.2) is 228 Å². The van der Waals surface area contributed by atoms with Gasteiger partial charge in [0.25, 0.3) is 5.78 Å². The van der Waals surface area contributed by atoms with Crippen molar-refractivity contribution in [3.8, 4) is 5.75 Å². The quantitative estimate of drug-likeness (QED) is 0.0739. The molecule has 9 aromatic rings. The van der Waals surface area contributed by atoms with Crippen molar-refractivity contribution in [2.75, 3.05) is 0 Å². The van der Waals surface area contributed by atoms with Crippen LogP contribution in [0.5, 0.6) is 5.75 Å². The van der Waals surface area contributed by atoms with Crippen molar-refractivity contribution in [2.45, 2.75) is 6.18 Å². The first-order valence-corrected chi connectivity index (χ1v) is 22.7. The van der Waals surface area contributed by atoms with Crippen molar-refractivity contribution in [2.24, 2.45) is 0 Å². The Bertz CT molecular complexity index is 2760. The predicted octanol–water partition coefficient (Wildman–Crippen LogP) is 10.0. The summed E-state index contributed by atoms with van der Waals surface area (Å²) in [4.78, 5) is 23.0. The summed E-state index contributed by atoms with van der Waals surface area (Å²) in [6.07, 6.45) is -5.29. The van der Waals surface area contributed by atoms with Crippen molar-refractivity contribution in [1.29, 1.82) is 0 Å². The minimum Gasteiger partial charge on any atom is -0.506 e. The molecule has 0 spiro atoms. The molecule has 0 unspecified atom stereocenters. The second-order valence-electron chi connectivity index (χ2n) is 13.8. The Kier molecular flexibility index (Phi) is 15.5. The Labute approximate surface area is 402 Å². The molecule has 6 nitrogen and oxygen atoms in total. The maximum Gasteiger partial charge on any atom is 0.455 e. The first-order chi connectivity index (χ1) is 29.9. The molecule has 0 amide bonds. The number of Topliss-reactive ketones (excluding diaryl/α,β-unsaturated/α-hetero) is 1. The Hall–Kier alpha value is -5.47. The normalized spacial score (nSPS) is 11.3. The number of ketones is 1. The third-order valence-corrected chi connectivity index (χ3v) is 16.1. The van der Waals surface area contributed by atoms with Crippen molar-refractivity contribution >= 4 is 73.6 Å². The van der Waals surface area contributed by atoms with Gasteiger partial charge in [0.15, 0.2) is 19.8 Å². The molecule has 1 radical (unpaired) electrons. The van der Waals surface area contributed by atoms with Gasteiger partial charge in [-0.3, -0.25) is 4.79 Å². The minimum absolute atomic E-state index is 0. The van der Waals surface area contributed by atoms with E-state index >= 15 is 0 Å². The fourth-order valence-corrected chi connectivity index (χ4v) is 12.4. The van der Waals surface area contributed by atoms with Gasteiger partial charge in [0.2, 0.25) is 0 Å². The van der Waals surface area contributed by atoms with E-state index in [1.54, 1.807) is 30.3 Å². The van der Waals surface area contributed by atoms with Crippen molar-refractivity contribution in [3.63, 3.8) is 0 Å². The maximum atomic E-state index is 13.8. The number of halogens is 3. The Morgan fingerprint density at radius 2 is 0.762 bits per heavy atom. The van der Waals surface area contributed by atoms with E-state index in [0.29, 0.717) is 10.8 Å². The van der Waals surface area contributed by atoms with Crippen LogP contribution in [0, 0.1) is 49.4 Å². The molecule has 8 aromatic carbocycles. The van der Waals surface area contributed by atoms with Crippen LogP contribution in [0.25, 0.3) is 21.7 Å². The van der Waals surface area contributed by atoms with Crippen LogP contribution < -0.4 is 37.5 Å². The summed E-state index contributed by atoms with van der Waals surface area (Å²) in [7, 11) is -5.55. The number of benzene rings is 8. The van der Waals surface area contributed by atoms with Gasteiger partial charge in [0.1, 0.15) is 11.3 Å². The van der Waals surface area contributed by atoms with E-state index in [1.807, 2.05) is 182 Å². The molecule has 0 aliphatic heterocycles. The van der Waals surface area contributed by atoms with E-state index in [-0.39, 0.29) is 60.3 Å². The molecule has 315 valence electrons. The second kappa shape index (κ2) is 20.8. The van der Waals surface area contributed by atoms with Gasteiger partial charge in [0, 0.05) is 81.2 Å². The van der Waals surface area contributed by atoms with Gasteiger partial charge in [-0.1, -0.05) is 212 Å². The molecular weight excluding hydrogens is 979 g/mol. The summed E-state index contributed by atoms with van der Waals surface area (Å²) in [6, 6.07) is 67.8. The molecule has 0 atom stereocenters. The largest absolute Gasteiger partial charge is 0.506 e. The minimum atomic E-state index is -5.29. The smallest absolute Gasteiger partial charge is 0.455 e. The van der Waals surface area contributed by atoms with E-state index in [0.717, 1.165) is 31.8 Å². The molecule has 0 saturated carbocycles. The first-order valence-electron chi connectivity index (χ1n) is 19.3. The molecule has 0 saturated heterocycles. The van der Waals surface area contributed by atoms with Gasteiger partial charge in [-0.25, -0.2) is 4.79 Å². The van der Waals surface area contributed by atoms with Crippen molar-refractivity contribution < 1.29 is 86.0 Å². The summed E-state index contributed by atoms with van der Waals surface area (Å²) in [6.45, 7) is 0. The number of carbonyl (C=O) groups excluding carboxylic acids is 1. The fraction of sp³-hybridized carbons (Fsp3) is 0.0196. The van der Waals surface area contributed by atoms with Crippen LogP contribution in [0.3, 0.4) is 0 Å². The number of fused-ring (bicyclic) bond motifs is 3. The molecule has 1 aromatic heterocycles. The third-order valence-electron chi connectivity index (χ3n) is 9.97. The Balaban J connectivity index is 0.000000156. The molecule has 0 aliphatic carbocycles. The summed E-state index contributed by atoms with van der Waals surface area (Å²) in [5.74, 6) is -3.46. The van der Waals surface area contributed by atoms with Crippen molar-refractivity contribution in [1.82, 2.24) is 0 Å². The van der Waals surface area contributed by atoms with Crippen LogP contribution in [0.2, 0.25) is 0 Å². The number of rotatable bonds is 7. The van der Waals surface area contributed by atoms with Gasteiger partial charge >= 0.3 is 11.8 Å². The SMILES string of the molecule is O=C(c1c(O)c2c(ccc3ccccc32)oc1=O)C(F)(F)F.O=P(c1ccccc1)(c1ccccc1)c1ccccc1.O=P(c1ccccc1)(c1ccccc1)c1ccccc1.[Eu].